The second-order valence-electron chi connectivity index (χ2n) is 2.58. The highest BCUT2D eigenvalue weighted by molar-refractivity contribution is 7.89. The van der Waals surface area contributed by atoms with E-state index in [1.165, 1.54) is 0 Å². The van der Waals surface area contributed by atoms with Crippen molar-refractivity contribution >= 4 is 15.8 Å². The number of hydrogen-bond acceptors (Lipinski definition) is 4. The minimum Gasteiger partial charge on any atom is -0.383 e. The molecule has 5 nitrogen and oxygen atoms in total. The van der Waals surface area contributed by atoms with E-state index < -0.39 is 38.5 Å². The van der Waals surface area contributed by atoms with Gasteiger partial charge >= 0.3 is 0 Å². The zero-order chi connectivity index (χ0) is 11.8. The van der Waals surface area contributed by atoms with E-state index in [2.05, 4.69) is 10.1 Å². The number of nitrogens with two attached hydrogens (primary N) is 2. The molecule has 4 N–H and O–H groups in total. The number of alkyl halides is 2. The van der Waals surface area contributed by atoms with Crippen LogP contribution in [0.2, 0.25) is 0 Å². The summed E-state index contributed by atoms with van der Waals surface area (Å²) in [5.74, 6) is -2.44. The molecule has 0 atom stereocenters. The van der Waals surface area contributed by atoms with Crippen LogP contribution >= 0.6 is 0 Å². The molecule has 0 aliphatic rings. The summed E-state index contributed by atoms with van der Waals surface area (Å²) in [5.41, 5.74) is 3.71. The number of anilines is 1. The van der Waals surface area contributed by atoms with E-state index in [4.69, 9.17) is 5.73 Å². The quantitative estimate of drug-likeness (QED) is 0.782. The molecule has 0 unspecified atom stereocenters. The number of nitrogen functional groups attached to an aromatic ring is 1. The molecule has 1 aromatic rings. The Morgan fingerprint density at radius 1 is 1.40 bits per heavy atom. The van der Waals surface area contributed by atoms with Crippen molar-refractivity contribution in [2.24, 2.45) is 5.14 Å². The third kappa shape index (κ3) is 2.18. The van der Waals surface area contributed by atoms with E-state index >= 15 is 0 Å². The molecule has 0 saturated carbocycles. The molecule has 1 heterocycles. The number of hydrogen-bond donors (Lipinski definition) is 2. The van der Waals surface area contributed by atoms with Crippen LogP contribution in [-0.4, -0.2) is 13.4 Å². The topological polar surface area (TPSA) is 99.1 Å². The van der Waals surface area contributed by atoms with Gasteiger partial charge in [-0.05, 0) is 0 Å². The molecule has 0 aliphatic carbocycles. The first kappa shape index (κ1) is 11.7. The van der Waals surface area contributed by atoms with Crippen LogP contribution in [0, 0.1) is 5.82 Å². The van der Waals surface area contributed by atoms with Gasteiger partial charge in [-0.1, -0.05) is 0 Å². The molecule has 1 rings (SSSR count). The lowest BCUT2D eigenvalue weighted by Gasteiger charge is -2.07. The highest BCUT2D eigenvalue weighted by Crippen LogP contribution is 2.29. The number of halogens is 3. The van der Waals surface area contributed by atoms with Gasteiger partial charge < -0.3 is 5.73 Å². The number of rotatable bonds is 2. The summed E-state index contributed by atoms with van der Waals surface area (Å²) >= 11 is 0. The SMILES string of the molecule is Nc1ncc(S(N)(=O)=O)c(F)c1C(F)F. The molecule has 15 heavy (non-hydrogen) atoms. The van der Waals surface area contributed by atoms with E-state index in [-0.39, 0.29) is 0 Å². The molecule has 0 fully saturated rings. The molecule has 0 saturated heterocycles. The van der Waals surface area contributed by atoms with E-state index in [1.54, 1.807) is 0 Å². The second kappa shape index (κ2) is 3.66. The summed E-state index contributed by atoms with van der Waals surface area (Å²) < 4.78 is 59.2. The summed E-state index contributed by atoms with van der Waals surface area (Å²) in [7, 11) is -4.43. The van der Waals surface area contributed by atoms with Gasteiger partial charge in [-0.15, -0.1) is 0 Å². The molecule has 0 amide bonds. The summed E-state index contributed by atoms with van der Waals surface area (Å²) in [4.78, 5) is 2.02. The van der Waals surface area contributed by atoms with Crippen molar-refractivity contribution in [2.45, 2.75) is 11.3 Å². The van der Waals surface area contributed by atoms with Crippen LogP contribution in [0.5, 0.6) is 0 Å². The minimum atomic E-state index is -4.43. The Morgan fingerprint density at radius 2 is 1.93 bits per heavy atom. The molecule has 0 bridgehead atoms. The molecular formula is C6H6F3N3O2S. The fourth-order valence-electron chi connectivity index (χ4n) is 0.905. The lowest BCUT2D eigenvalue weighted by Crippen LogP contribution is -2.16. The van der Waals surface area contributed by atoms with Crippen molar-refractivity contribution in [3.63, 3.8) is 0 Å². The van der Waals surface area contributed by atoms with Crippen LogP contribution in [-0.2, 0) is 10.0 Å². The summed E-state index contributed by atoms with van der Waals surface area (Å²) in [6.45, 7) is 0. The number of pyridine rings is 1. The Balaban J connectivity index is 3.56. The first-order valence-electron chi connectivity index (χ1n) is 3.50. The van der Waals surface area contributed by atoms with Gasteiger partial charge in [0.05, 0.1) is 11.8 Å². The van der Waals surface area contributed by atoms with Gasteiger partial charge in [-0.25, -0.2) is 31.7 Å². The Labute approximate surface area is 83.0 Å². The van der Waals surface area contributed by atoms with Crippen molar-refractivity contribution in [1.82, 2.24) is 4.98 Å². The highest BCUT2D eigenvalue weighted by atomic mass is 32.2. The predicted octanol–water partition coefficient (Wildman–Crippen LogP) is 0.388. The molecule has 9 heteroatoms. The fraction of sp³-hybridized carbons (Fsp3) is 0.167. The average Bonchev–Trinajstić information content (AvgIpc) is 2.00. The number of nitrogens with zero attached hydrogens (tertiary/aromatic N) is 1. The Hall–Kier alpha value is -1.35. The zero-order valence-corrected chi connectivity index (χ0v) is 7.93. The molecule has 84 valence electrons. The van der Waals surface area contributed by atoms with Crippen molar-refractivity contribution in [3.8, 4) is 0 Å². The van der Waals surface area contributed by atoms with Crippen LogP contribution < -0.4 is 10.9 Å². The fourth-order valence-corrected chi connectivity index (χ4v) is 1.46. The first-order valence-corrected chi connectivity index (χ1v) is 5.04. The maximum absolute atomic E-state index is 13.2. The lowest BCUT2D eigenvalue weighted by atomic mass is 10.2. The van der Waals surface area contributed by atoms with E-state index in [9.17, 15) is 21.6 Å². The molecule has 0 aliphatic heterocycles. The normalized spacial score (nSPS) is 12.1. The minimum absolute atomic E-state index is 0.492. The molecule has 1 aromatic heterocycles. The zero-order valence-electron chi connectivity index (χ0n) is 7.12. The van der Waals surface area contributed by atoms with Crippen molar-refractivity contribution in [2.75, 3.05) is 5.73 Å². The van der Waals surface area contributed by atoms with Gasteiger partial charge in [-0.3, -0.25) is 0 Å². The Morgan fingerprint density at radius 3 is 2.33 bits per heavy atom. The number of aromatic nitrogens is 1. The first-order chi connectivity index (χ1) is 6.75. The smallest absolute Gasteiger partial charge is 0.270 e. The van der Waals surface area contributed by atoms with Gasteiger partial charge in [0, 0.05) is 0 Å². The summed E-state index contributed by atoms with van der Waals surface area (Å²) in [6, 6.07) is 0. The van der Waals surface area contributed by atoms with Crippen molar-refractivity contribution in [3.05, 3.63) is 17.6 Å². The van der Waals surface area contributed by atoms with Crippen LogP contribution in [0.3, 0.4) is 0 Å². The van der Waals surface area contributed by atoms with Gasteiger partial charge in [0.25, 0.3) is 6.43 Å². The van der Waals surface area contributed by atoms with Gasteiger partial charge in [0.15, 0.2) is 5.82 Å². The molecular weight excluding hydrogens is 235 g/mol. The summed E-state index contributed by atoms with van der Waals surface area (Å²) in [6.07, 6.45) is -2.77. The third-order valence-electron chi connectivity index (χ3n) is 1.57. The number of primary sulfonamides is 1. The highest BCUT2D eigenvalue weighted by Gasteiger charge is 2.25. The lowest BCUT2D eigenvalue weighted by molar-refractivity contribution is 0.146. The standard InChI is InChI=1S/C6H6F3N3O2S/c7-4-2(15(11,13)14)1-12-6(10)3(4)5(8)9/h1,5H,(H2,10,12)(H2,11,13,14). The van der Waals surface area contributed by atoms with Crippen LogP contribution in [0.25, 0.3) is 0 Å². The van der Waals surface area contributed by atoms with Gasteiger partial charge in [0.2, 0.25) is 10.0 Å². The van der Waals surface area contributed by atoms with E-state index in [0.29, 0.717) is 6.20 Å². The summed E-state index contributed by atoms with van der Waals surface area (Å²) in [5, 5.41) is 4.58. The second-order valence-corrected chi connectivity index (χ2v) is 4.11. The molecule has 0 spiro atoms. The molecule has 0 aromatic carbocycles. The van der Waals surface area contributed by atoms with Crippen LogP contribution in [0.1, 0.15) is 12.0 Å². The Kier molecular flexibility index (Phi) is 2.86. The van der Waals surface area contributed by atoms with Crippen LogP contribution in [0.15, 0.2) is 11.1 Å². The Bertz CT molecular complexity index is 489. The third-order valence-corrected chi connectivity index (χ3v) is 2.47. The number of sulfonamides is 1. The molecule has 0 radical (unpaired) electrons. The largest absolute Gasteiger partial charge is 0.383 e. The predicted molar refractivity (Wildman–Crippen MR) is 44.9 cm³/mol. The monoisotopic (exact) mass is 241 g/mol. The van der Waals surface area contributed by atoms with E-state index in [1.807, 2.05) is 0 Å². The van der Waals surface area contributed by atoms with Gasteiger partial charge in [0.1, 0.15) is 10.7 Å². The van der Waals surface area contributed by atoms with Crippen molar-refractivity contribution in [1.29, 1.82) is 0 Å². The maximum Gasteiger partial charge on any atom is 0.270 e. The average molecular weight is 241 g/mol. The van der Waals surface area contributed by atoms with Gasteiger partial charge in [-0.2, -0.15) is 0 Å². The van der Waals surface area contributed by atoms with Crippen LogP contribution in [0.4, 0.5) is 19.0 Å². The van der Waals surface area contributed by atoms with E-state index in [0.717, 1.165) is 0 Å². The van der Waals surface area contributed by atoms with Crippen molar-refractivity contribution < 1.29 is 21.6 Å². The maximum atomic E-state index is 13.2.